The lowest BCUT2D eigenvalue weighted by molar-refractivity contribution is 0.199. The van der Waals surface area contributed by atoms with Gasteiger partial charge in [-0.3, -0.25) is 0 Å². The van der Waals surface area contributed by atoms with E-state index in [4.69, 9.17) is 4.74 Å². The number of hydrogen-bond acceptors (Lipinski definition) is 4. The highest BCUT2D eigenvalue weighted by Gasteiger charge is 2.00. The van der Waals surface area contributed by atoms with Crippen molar-refractivity contribution in [3.05, 3.63) is 11.9 Å². The Hall–Kier alpha value is -1.07. The maximum Gasteiger partial charge on any atom is 0.202 e. The Morgan fingerprint density at radius 3 is 2.93 bits per heavy atom. The summed E-state index contributed by atoms with van der Waals surface area (Å²) in [6.07, 6.45) is 1.84. The van der Waals surface area contributed by atoms with Crippen LogP contribution < -0.4 is 10.2 Å². The molecule has 80 valence electrons. The fourth-order valence-electron chi connectivity index (χ4n) is 1.06. The van der Waals surface area contributed by atoms with Crippen LogP contribution in [0.3, 0.4) is 0 Å². The molecule has 0 saturated carbocycles. The lowest BCUT2D eigenvalue weighted by Gasteiger charge is -2.06. The average molecular weight is 198 g/mol. The van der Waals surface area contributed by atoms with Crippen LogP contribution >= 0.6 is 0 Å². The van der Waals surface area contributed by atoms with Crippen molar-refractivity contribution in [2.75, 3.05) is 39.3 Å². The summed E-state index contributed by atoms with van der Waals surface area (Å²) in [5, 5.41) is 3.24. The van der Waals surface area contributed by atoms with Crippen LogP contribution in [0.15, 0.2) is 6.20 Å². The van der Waals surface area contributed by atoms with Crippen molar-refractivity contribution in [3.63, 3.8) is 0 Å². The monoisotopic (exact) mass is 198 g/mol. The molecule has 1 aromatic heterocycles. The molecule has 14 heavy (non-hydrogen) atoms. The van der Waals surface area contributed by atoms with Gasteiger partial charge in [-0.05, 0) is 0 Å². The fourth-order valence-corrected chi connectivity index (χ4v) is 1.06. The maximum absolute atomic E-state index is 4.93. The molecule has 2 N–H and O–H groups in total. The predicted molar refractivity (Wildman–Crippen MR) is 56.5 cm³/mol. The Morgan fingerprint density at radius 1 is 1.57 bits per heavy atom. The van der Waals surface area contributed by atoms with Crippen molar-refractivity contribution in [1.82, 2.24) is 15.3 Å². The van der Waals surface area contributed by atoms with Gasteiger partial charge >= 0.3 is 0 Å². The molecule has 0 unspecified atom stereocenters. The van der Waals surface area contributed by atoms with Crippen molar-refractivity contribution in [2.45, 2.75) is 6.54 Å². The van der Waals surface area contributed by atoms with Gasteiger partial charge in [0.25, 0.3) is 0 Å². The Labute approximate surface area is 84.5 Å². The molecular formula is C9H18N4O. The average Bonchev–Trinajstić information content (AvgIpc) is 2.61. The Bertz CT molecular complexity index is 259. The number of nitrogens with zero attached hydrogens (tertiary/aromatic N) is 2. The second-order valence-corrected chi connectivity index (χ2v) is 3.30. The normalized spacial score (nSPS) is 10.5. The minimum absolute atomic E-state index is 0.731. The highest BCUT2D eigenvalue weighted by Crippen LogP contribution is 2.04. The molecule has 0 aliphatic rings. The third-order valence-electron chi connectivity index (χ3n) is 1.84. The lowest BCUT2D eigenvalue weighted by Crippen LogP contribution is -2.18. The van der Waals surface area contributed by atoms with Crippen molar-refractivity contribution < 1.29 is 4.74 Å². The largest absolute Gasteiger partial charge is 0.383 e. The number of H-pyrrole nitrogens is 1. The van der Waals surface area contributed by atoms with Gasteiger partial charge in [0, 0.05) is 34.3 Å². The van der Waals surface area contributed by atoms with Crippen LogP contribution in [0, 0.1) is 0 Å². The zero-order chi connectivity index (χ0) is 10.4. The summed E-state index contributed by atoms with van der Waals surface area (Å²) in [5.74, 6) is 0.883. The highest BCUT2D eigenvalue weighted by molar-refractivity contribution is 5.28. The van der Waals surface area contributed by atoms with E-state index < -0.39 is 0 Å². The van der Waals surface area contributed by atoms with E-state index in [1.807, 2.05) is 25.2 Å². The number of rotatable bonds is 6. The van der Waals surface area contributed by atoms with Gasteiger partial charge in [0.15, 0.2) is 0 Å². The topological polar surface area (TPSA) is 53.2 Å². The van der Waals surface area contributed by atoms with Crippen LogP contribution in [0.5, 0.6) is 0 Å². The van der Waals surface area contributed by atoms with E-state index in [-0.39, 0.29) is 0 Å². The second kappa shape index (κ2) is 5.62. The summed E-state index contributed by atoms with van der Waals surface area (Å²) >= 11 is 0. The third kappa shape index (κ3) is 3.35. The first-order valence-electron chi connectivity index (χ1n) is 4.65. The van der Waals surface area contributed by atoms with E-state index in [0.29, 0.717) is 0 Å². The lowest BCUT2D eigenvalue weighted by atomic mass is 10.5. The molecule has 0 spiro atoms. The summed E-state index contributed by atoms with van der Waals surface area (Å²) in [7, 11) is 5.62. The van der Waals surface area contributed by atoms with Crippen molar-refractivity contribution >= 4 is 5.95 Å². The maximum atomic E-state index is 4.93. The van der Waals surface area contributed by atoms with E-state index in [2.05, 4.69) is 15.3 Å². The Kier molecular flexibility index (Phi) is 4.42. The van der Waals surface area contributed by atoms with Gasteiger partial charge in [0.2, 0.25) is 5.95 Å². The molecule has 0 atom stereocenters. The number of anilines is 1. The molecule has 1 heterocycles. The second-order valence-electron chi connectivity index (χ2n) is 3.30. The van der Waals surface area contributed by atoms with Crippen molar-refractivity contribution in [1.29, 1.82) is 0 Å². The first kappa shape index (κ1) is 11.0. The SMILES string of the molecule is COCCNCc1cnc(N(C)C)[nH]1. The van der Waals surface area contributed by atoms with Crippen LogP contribution in [0.4, 0.5) is 5.95 Å². The van der Waals surface area contributed by atoms with Gasteiger partial charge in [-0.2, -0.15) is 0 Å². The fraction of sp³-hybridized carbons (Fsp3) is 0.667. The molecular weight excluding hydrogens is 180 g/mol. The van der Waals surface area contributed by atoms with Crippen LogP contribution in [-0.2, 0) is 11.3 Å². The number of aromatic nitrogens is 2. The first-order chi connectivity index (χ1) is 6.74. The predicted octanol–water partition coefficient (Wildman–Crippen LogP) is 0.212. The van der Waals surface area contributed by atoms with Crippen LogP contribution in [0.2, 0.25) is 0 Å². The third-order valence-corrected chi connectivity index (χ3v) is 1.84. The zero-order valence-corrected chi connectivity index (χ0v) is 9.00. The highest BCUT2D eigenvalue weighted by atomic mass is 16.5. The van der Waals surface area contributed by atoms with Gasteiger partial charge in [0.05, 0.1) is 18.5 Å². The minimum Gasteiger partial charge on any atom is -0.383 e. The molecule has 1 aromatic rings. The van der Waals surface area contributed by atoms with Gasteiger partial charge in [0.1, 0.15) is 0 Å². The number of imidazole rings is 1. The molecule has 0 radical (unpaired) electrons. The smallest absolute Gasteiger partial charge is 0.202 e. The molecule has 0 aliphatic carbocycles. The van der Waals surface area contributed by atoms with Crippen LogP contribution in [0.25, 0.3) is 0 Å². The van der Waals surface area contributed by atoms with Gasteiger partial charge in [-0.1, -0.05) is 0 Å². The molecule has 0 aromatic carbocycles. The van der Waals surface area contributed by atoms with E-state index in [0.717, 1.165) is 31.3 Å². The summed E-state index contributed by atoms with van der Waals surface area (Å²) in [6, 6.07) is 0. The molecule has 5 nitrogen and oxygen atoms in total. The van der Waals surface area contributed by atoms with Gasteiger partial charge in [-0.25, -0.2) is 4.98 Å². The minimum atomic E-state index is 0.731. The Balaban J connectivity index is 2.29. The van der Waals surface area contributed by atoms with E-state index in [1.54, 1.807) is 7.11 Å². The summed E-state index contributed by atoms with van der Waals surface area (Å²) in [4.78, 5) is 9.36. The van der Waals surface area contributed by atoms with E-state index >= 15 is 0 Å². The quantitative estimate of drug-likeness (QED) is 0.642. The number of ether oxygens (including phenoxy) is 1. The molecule has 0 fully saturated rings. The van der Waals surface area contributed by atoms with Crippen molar-refractivity contribution in [2.24, 2.45) is 0 Å². The molecule has 0 amide bonds. The summed E-state index contributed by atoms with van der Waals surface area (Å²) < 4.78 is 4.93. The first-order valence-corrected chi connectivity index (χ1v) is 4.65. The van der Waals surface area contributed by atoms with Crippen molar-refractivity contribution in [3.8, 4) is 0 Å². The summed E-state index contributed by atoms with van der Waals surface area (Å²) in [6.45, 7) is 2.38. The van der Waals surface area contributed by atoms with Gasteiger partial charge in [-0.15, -0.1) is 0 Å². The number of aromatic amines is 1. The molecule has 0 bridgehead atoms. The number of hydrogen-bond donors (Lipinski definition) is 2. The number of nitrogens with one attached hydrogen (secondary N) is 2. The molecule has 0 aliphatic heterocycles. The van der Waals surface area contributed by atoms with Gasteiger partial charge < -0.3 is 19.9 Å². The van der Waals surface area contributed by atoms with Crippen LogP contribution in [0.1, 0.15) is 5.69 Å². The standard InChI is InChI=1S/C9H18N4O/c1-13(2)9-11-7-8(12-9)6-10-4-5-14-3/h7,10H,4-6H2,1-3H3,(H,11,12). The zero-order valence-electron chi connectivity index (χ0n) is 9.00. The molecule has 1 rings (SSSR count). The Morgan fingerprint density at radius 2 is 2.36 bits per heavy atom. The van der Waals surface area contributed by atoms with Crippen LogP contribution in [-0.4, -0.2) is 44.3 Å². The molecule has 0 saturated heterocycles. The molecule has 5 heteroatoms. The van der Waals surface area contributed by atoms with E-state index in [1.165, 1.54) is 0 Å². The summed E-state index contributed by atoms with van der Waals surface area (Å²) in [5.41, 5.74) is 1.09. The van der Waals surface area contributed by atoms with E-state index in [9.17, 15) is 0 Å². The number of methoxy groups -OCH3 is 1.